The number of rotatable bonds is 3. The zero-order chi connectivity index (χ0) is 7.49. The molecule has 0 aliphatic heterocycles. The van der Waals surface area contributed by atoms with Gasteiger partial charge in [0.05, 0.1) is 0 Å². The maximum atomic E-state index is 10.3. The Morgan fingerprint density at radius 3 is 2.22 bits per heavy atom. The first kappa shape index (κ1) is 8.39. The van der Waals surface area contributed by atoms with Crippen molar-refractivity contribution in [3.8, 4) is 0 Å². The van der Waals surface area contributed by atoms with Crippen molar-refractivity contribution in [1.82, 2.24) is 5.48 Å². The van der Waals surface area contributed by atoms with E-state index < -0.39 is 11.5 Å². The number of carboxylic acid groups (broad SMARTS) is 1. The highest BCUT2D eigenvalue weighted by Gasteiger charge is 2.29. The molecule has 54 valence electrons. The van der Waals surface area contributed by atoms with Gasteiger partial charge in [-0.25, -0.2) is 0 Å². The highest BCUT2D eigenvalue weighted by Crippen LogP contribution is 2.06. The van der Waals surface area contributed by atoms with Crippen LogP contribution in [-0.4, -0.2) is 21.8 Å². The molecule has 1 atom stereocenters. The number of hydrogen-bond donors (Lipinski definition) is 3. The minimum Gasteiger partial charge on any atom is -0.480 e. The number of nitrogens with one attached hydrogen (secondary N) is 1. The molecular weight excluding hydrogens is 122 g/mol. The monoisotopic (exact) mass is 133 g/mol. The predicted molar refractivity (Wildman–Crippen MR) is 31.3 cm³/mol. The van der Waals surface area contributed by atoms with Crippen LogP contribution in [0, 0.1) is 0 Å². The van der Waals surface area contributed by atoms with Crippen molar-refractivity contribution in [1.29, 1.82) is 0 Å². The zero-order valence-electron chi connectivity index (χ0n) is 5.51. The van der Waals surface area contributed by atoms with E-state index in [4.69, 9.17) is 10.3 Å². The topological polar surface area (TPSA) is 69.6 Å². The molecule has 4 nitrogen and oxygen atoms in total. The van der Waals surface area contributed by atoms with Crippen LogP contribution in [0.4, 0.5) is 0 Å². The summed E-state index contributed by atoms with van der Waals surface area (Å²) in [6.45, 7) is 3.09. The Bertz CT molecular complexity index is 109. The Hall–Kier alpha value is -0.610. The largest absolute Gasteiger partial charge is 0.480 e. The maximum absolute atomic E-state index is 10.3. The highest BCUT2D eigenvalue weighted by molar-refractivity contribution is 5.77. The fourth-order valence-electron chi connectivity index (χ4n) is 0.278. The molecule has 0 aliphatic rings. The molecular formula is C5H11NO3. The summed E-state index contributed by atoms with van der Waals surface area (Å²) >= 11 is 0. The summed E-state index contributed by atoms with van der Waals surface area (Å²) in [6.07, 6.45) is 0.346. The first-order valence-corrected chi connectivity index (χ1v) is 2.71. The van der Waals surface area contributed by atoms with Crippen LogP contribution in [0.5, 0.6) is 0 Å². The van der Waals surface area contributed by atoms with Gasteiger partial charge in [-0.1, -0.05) is 6.92 Å². The third-order valence-electron chi connectivity index (χ3n) is 1.43. The van der Waals surface area contributed by atoms with E-state index in [-0.39, 0.29) is 0 Å². The summed E-state index contributed by atoms with van der Waals surface area (Å²) in [6, 6.07) is 0. The van der Waals surface area contributed by atoms with E-state index in [0.717, 1.165) is 0 Å². The van der Waals surface area contributed by atoms with Gasteiger partial charge in [-0.05, 0) is 13.3 Å². The van der Waals surface area contributed by atoms with Crippen molar-refractivity contribution in [3.63, 3.8) is 0 Å². The molecule has 0 aromatic heterocycles. The van der Waals surface area contributed by atoms with Crippen molar-refractivity contribution in [2.75, 3.05) is 0 Å². The lowest BCUT2D eigenvalue weighted by molar-refractivity contribution is -0.149. The van der Waals surface area contributed by atoms with Crippen LogP contribution in [0.2, 0.25) is 0 Å². The van der Waals surface area contributed by atoms with Gasteiger partial charge in [-0.15, -0.1) is 0 Å². The van der Waals surface area contributed by atoms with E-state index in [1.807, 2.05) is 0 Å². The second-order valence-corrected chi connectivity index (χ2v) is 2.10. The Morgan fingerprint density at radius 1 is 1.78 bits per heavy atom. The Labute approximate surface area is 53.5 Å². The van der Waals surface area contributed by atoms with E-state index in [9.17, 15) is 4.79 Å². The lowest BCUT2D eigenvalue weighted by Gasteiger charge is -2.19. The van der Waals surface area contributed by atoms with Crippen LogP contribution in [0.3, 0.4) is 0 Å². The second-order valence-electron chi connectivity index (χ2n) is 2.10. The van der Waals surface area contributed by atoms with Gasteiger partial charge >= 0.3 is 5.97 Å². The van der Waals surface area contributed by atoms with Crippen molar-refractivity contribution >= 4 is 5.97 Å². The van der Waals surface area contributed by atoms with Gasteiger partial charge in [-0.3, -0.25) is 4.79 Å². The Morgan fingerprint density at radius 2 is 2.22 bits per heavy atom. The summed E-state index contributed by atoms with van der Waals surface area (Å²) in [5.41, 5.74) is 0.534. The summed E-state index contributed by atoms with van der Waals surface area (Å²) < 4.78 is 0. The molecule has 0 spiro atoms. The molecule has 0 saturated heterocycles. The van der Waals surface area contributed by atoms with Gasteiger partial charge in [-0.2, -0.15) is 5.48 Å². The fraction of sp³-hybridized carbons (Fsp3) is 0.800. The minimum atomic E-state index is -1.19. The molecule has 3 N–H and O–H groups in total. The Balaban J connectivity index is 4.09. The normalized spacial score (nSPS) is 16.8. The fourth-order valence-corrected chi connectivity index (χ4v) is 0.278. The van der Waals surface area contributed by atoms with E-state index in [0.29, 0.717) is 6.42 Å². The molecule has 9 heavy (non-hydrogen) atoms. The smallest absolute Gasteiger partial charge is 0.325 e. The molecule has 0 unspecified atom stereocenters. The van der Waals surface area contributed by atoms with Crippen LogP contribution in [0.1, 0.15) is 20.3 Å². The van der Waals surface area contributed by atoms with Crippen LogP contribution in [0.15, 0.2) is 0 Å². The third kappa shape index (κ3) is 1.65. The molecule has 0 amide bonds. The van der Waals surface area contributed by atoms with E-state index in [2.05, 4.69) is 0 Å². The van der Waals surface area contributed by atoms with Crippen LogP contribution in [0.25, 0.3) is 0 Å². The van der Waals surface area contributed by atoms with Crippen molar-refractivity contribution in [2.24, 2.45) is 0 Å². The molecule has 0 aliphatic carbocycles. The SMILES string of the molecule is CC[C@](C)(NO)C(=O)O. The van der Waals surface area contributed by atoms with Crippen molar-refractivity contribution in [2.45, 2.75) is 25.8 Å². The molecule has 0 bridgehead atoms. The van der Waals surface area contributed by atoms with Crippen molar-refractivity contribution in [3.05, 3.63) is 0 Å². The van der Waals surface area contributed by atoms with E-state index in [1.165, 1.54) is 6.92 Å². The first-order chi connectivity index (χ1) is 4.06. The predicted octanol–water partition coefficient (Wildman–Crippen LogP) is 0.218. The summed E-state index contributed by atoms with van der Waals surface area (Å²) in [5.74, 6) is -1.05. The lowest BCUT2D eigenvalue weighted by Crippen LogP contribution is -2.47. The number of carboxylic acids is 1. The van der Waals surface area contributed by atoms with Crippen LogP contribution in [-0.2, 0) is 4.79 Å². The average Bonchev–Trinajstić information content (AvgIpc) is 1.86. The first-order valence-electron chi connectivity index (χ1n) is 2.71. The minimum absolute atomic E-state index is 0.346. The molecule has 0 saturated carbocycles. The van der Waals surface area contributed by atoms with E-state index in [1.54, 1.807) is 12.4 Å². The average molecular weight is 133 g/mol. The quantitative estimate of drug-likeness (QED) is 0.481. The lowest BCUT2D eigenvalue weighted by atomic mass is 10.0. The molecule has 0 aromatic carbocycles. The Kier molecular flexibility index (Phi) is 2.61. The van der Waals surface area contributed by atoms with Crippen LogP contribution >= 0.6 is 0 Å². The zero-order valence-corrected chi connectivity index (χ0v) is 5.51. The molecule has 0 aromatic rings. The molecule has 0 radical (unpaired) electrons. The standard InChI is InChI=1S/C5H11NO3/c1-3-5(2,6-9)4(7)8/h6,9H,3H2,1-2H3,(H,7,8)/t5-/m0/s1. The summed E-state index contributed by atoms with van der Waals surface area (Å²) in [7, 11) is 0. The van der Waals surface area contributed by atoms with Gasteiger partial charge in [0.15, 0.2) is 0 Å². The number of hydroxylamine groups is 1. The van der Waals surface area contributed by atoms with Gasteiger partial charge in [0, 0.05) is 0 Å². The van der Waals surface area contributed by atoms with Gasteiger partial charge in [0.2, 0.25) is 0 Å². The highest BCUT2D eigenvalue weighted by atomic mass is 16.5. The van der Waals surface area contributed by atoms with Crippen LogP contribution < -0.4 is 5.48 Å². The summed E-state index contributed by atoms with van der Waals surface area (Å²) in [5, 5.41) is 16.7. The third-order valence-corrected chi connectivity index (χ3v) is 1.43. The molecule has 0 rings (SSSR count). The number of carbonyl (C=O) groups is 1. The number of aliphatic carboxylic acids is 1. The van der Waals surface area contributed by atoms with Gasteiger partial charge in [0.25, 0.3) is 0 Å². The molecule has 0 heterocycles. The summed E-state index contributed by atoms with van der Waals surface area (Å²) in [4.78, 5) is 10.3. The van der Waals surface area contributed by atoms with E-state index >= 15 is 0 Å². The molecule has 4 heteroatoms. The second kappa shape index (κ2) is 2.80. The maximum Gasteiger partial charge on any atom is 0.325 e. The number of hydrogen-bond acceptors (Lipinski definition) is 3. The van der Waals surface area contributed by atoms with Gasteiger partial charge in [0.1, 0.15) is 5.54 Å². The van der Waals surface area contributed by atoms with Crippen molar-refractivity contribution < 1.29 is 15.1 Å². The van der Waals surface area contributed by atoms with Gasteiger partial charge < -0.3 is 10.3 Å². The molecule has 0 fully saturated rings.